The third kappa shape index (κ3) is 5.23. The van der Waals surface area contributed by atoms with Crippen LogP contribution in [-0.2, 0) is 11.2 Å². The third-order valence-electron chi connectivity index (χ3n) is 3.07. The summed E-state index contributed by atoms with van der Waals surface area (Å²) in [6, 6.07) is 7.97. The number of benzene rings is 1. The highest BCUT2D eigenvalue weighted by Gasteiger charge is 2.17. The molecule has 0 bridgehead atoms. The minimum atomic E-state index is 0.212. The molecule has 0 aliphatic rings. The minimum Gasteiger partial charge on any atom is -0.340 e. The van der Waals surface area contributed by atoms with E-state index in [0.717, 1.165) is 17.1 Å². The van der Waals surface area contributed by atoms with Crippen LogP contribution < -0.4 is 0 Å². The number of hydrogen-bond donors (Lipinski definition) is 0. The van der Waals surface area contributed by atoms with Crippen molar-refractivity contribution in [2.75, 3.05) is 6.54 Å². The maximum absolute atomic E-state index is 12.3. The summed E-state index contributed by atoms with van der Waals surface area (Å²) >= 11 is 6.11. The lowest BCUT2D eigenvalue weighted by Gasteiger charge is -2.28. The Morgan fingerprint density at radius 3 is 2.37 bits per heavy atom. The van der Waals surface area contributed by atoms with Crippen LogP contribution in [0.5, 0.6) is 0 Å². The van der Waals surface area contributed by atoms with E-state index in [2.05, 4.69) is 27.7 Å². The first-order chi connectivity index (χ1) is 8.91. The van der Waals surface area contributed by atoms with Crippen LogP contribution in [0.3, 0.4) is 0 Å². The molecule has 0 spiro atoms. The Labute approximate surface area is 121 Å². The minimum absolute atomic E-state index is 0.212. The summed E-state index contributed by atoms with van der Waals surface area (Å²) in [5, 5.41) is 0.746. The van der Waals surface area contributed by atoms with E-state index in [1.54, 1.807) is 0 Å². The normalized spacial score (nSPS) is 11.1. The third-order valence-corrected chi connectivity index (χ3v) is 3.44. The van der Waals surface area contributed by atoms with E-state index in [9.17, 15) is 4.79 Å². The van der Waals surface area contributed by atoms with Gasteiger partial charge in [0.1, 0.15) is 0 Å². The molecule has 0 atom stereocenters. The first-order valence-corrected chi connectivity index (χ1v) is 7.32. The summed E-state index contributed by atoms with van der Waals surface area (Å²) in [5.41, 5.74) is 1.05. The molecule has 0 unspecified atom stereocenters. The van der Waals surface area contributed by atoms with Gasteiger partial charge in [-0.1, -0.05) is 43.6 Å². The molecule has 0 radical (unpaired) electrons. The Hall–Kier alpha value is -1.02. The average Bonchev–Trinajstić information content (AvgIpc) is 2.34. The number of halogens is 1. The molecule has 19 heavy (non-hydrogen) atoms. The van der Waals surface area contributed by atoms with E-state index >= 15 is 0 Å². The number of rotatable bonds is 6. The molecular formula is C16H24ClNO. The van der Waals surface area contributed by atoms with Gasteiger partial charge in [0.2, 0.25) is 5.91 Å². The van der Waals surface area contributed by atoms with Crippen LogP contribution >= 0.6 is 11.6 Å². The van der Waals surface area contributed by atoms with E-state index < -0.39 is 0 Å². The van der Waals surface area contributed by atoms with Gasteiger partial charge in [0, 0.05) is 24.0 Å². The van der Waals surface area contributed by atoms with Crippen molar-refractivity contribution in [3.63, 3.8) is 0 Å². The topological polar surface area (TPSA) is 20.3 Å². The monoisotopic (exact) mass is 281 g/mol. The summed E-state index contributed by atoms with van der Waals surface area (Å²) in [4.78, 5) is 14.2. The quantitative estimate of drug-likeness (QED) is 0.766. The van der Waals surface area contributed by atoms with Crippen LogP contribution in [0.1, 0.15) is 39.7 Å². The number of amides is 1. The van der Waals surface area contributed by atoms with Gasteiger partial charge in [-0.15, -0.1) is 0 Å². The predicted octanol–water partition coefficient (Wildman–Crippen LogP) is 4.17. The zero-order valence-electron chi connectivity index (χ0n) is 12.3. The van der Waals surface area contributed by atoms with Crippen molar-refractivity contribution in [3.8, 4) is 0 Å². The lowest BCUT2D eigenvalue weighted by molar-refractivity contribution is -0.133. The van der Waals surface area contributed by atoms with E-state index in [1.165, 1.54) is 0 Å². The highest BCUT2D eigenvalue weighted by atomic mass is 35.5. The number of nitrogens with zero attached hydrogens (tertiary/aromatic N) is 1. The molecule has 0 saturated carbocycles. The number of carbonyl (C=O) groups excluding carboxylic acids is 1. The van der Waals surface area contributed by atoms with Gasteiger partial charge >= 0.3 is 0 Å². The lowest BCUT2D eigenvalue weighted by Crippen LogP contribution is -2.39. The zero-order valence-corrected chi connectivity index (χ0v) is 13.1. The zero-order chi connectivity index (χ0) is 14.4. The molecule has 0 heterocycles. The van der Waals surface area contributed by atoms with E-state index in [-0.39, 0.29) is 11.9 Å². The Kier molecular flexibility index (Phi) is 6.36. The SMILES string of the molecule is CC(C)CN(C(=O)CCc1ccccc1Cl)C(C)C. The maximum atomic E-state index is 12.3. The van der Waals surface area contributed by atoms with Gasteiger partial charge in [0.25, 0.3) is 0 Å². The molecule has 1 aromatic rings. The summed E-state index contributed by atoms with van der Waals surface area (Å²) in [7, 11) is 0. The molecule has 0 aliphatic heterocycles. The van der Waals surface area contributed by atoms with Crippen LogP contribution in [0.15, 0.2) is 24.3 Å². The van der Waals surface area contributed by atoms with Crippen LogP contribution in [0.4, 0.5) is 0 Å². The van der Waals surface area contributed by atoms with Gasteiger partial charge in [-0.05, 0) is 37.8 Å². The van der Waals surface area contributed by atoms with Crippen molar-refractivity contribution in [2.24, 2.45) is 5.92 Å². The molecule has 1 aromatic carbocycles. The van der Waals surface area contributed by atoms with Crippen molar-refractivity contribution >= 4 is 17.5 Å². The summed E-state index contributed by atoms with van der Waals surface area (Å²) in [6.45, 7) is 9.22. The van der Waals surface area contributed by atoms with E-state index in [1.807, 2.05) is 29.2 Å². The second-order valence-corrected chi connectivity index (χ2v) is 6.03. The van der Waals surface area contributed by atoms with Gasteiger partial charge in [-0.2, -0.15) is 0 Å². The molecule has 1 rings (SSSR count). The van der Waals surface area contributed by atoms with Gasteiger partial charge in [0.15, 0.2) is 0 Å². The number of aryl methyl sites for hydroxylation is 1. The fraction of sp³-hybridized carbons (Fsp3) is 0.562. The second kappa shape index (κ2) is 7.54. The van der Waals surface area contributed by atoms with Crippen LogP contribution in [0.25, 0.3) is 0 Å². The first-order valence-electron chi connectivity index (χ1n) is 6.94. The summed E-state index contributed by atoms with van der Waals surface area (Å²) < 4.78 is 0. The predicted molar refractivity (Wildman–Crippen MR) is 81.5 cm³/mol. The fourth-order valence-corrected chi connectivity index (χ4v) is 2.31. The molecule has 2 nitrogen and oxygen atoms in total. The molecular weight excluding hydrogens is 258 g/mol. The van der Waals surface area contributed by atoms with E-state index in [4.69, 9.17) is 11.6 Å². The largest absolute Gasteiger partial charge is 0.340 e. The van der Waals surface area contributed by atoms with Crippen molar-refractivity contribution in [1.29, 1.82) is 0 Å². The smallest absolute Gasteiger partial charge is 0.223 e. The molecule has 106 valence electrons. The first kappa shape index (κ1) is 16.0. The number of hydrogen-bond acceptors (Lipinski definition) is 1. The van der Waals surface area contributed by atoms with Crippen molar-refractivity contribution in [2.45, 2.75) is 46.6 Å². The molecule has 1 amide bonds. The molecule has 0 saturated heterocycles. The molecule has 0 N–H and O–H groups in total. The average molecular weight is 282 g/mol. The summed E-state index contributed by atoms with van der Waals surface area (Å²) in [5.74, 6) is 0.704. The lowest BCUT2D eigenvalue weighted by atomic mass is 10.1. The second-order valence-electron chi connectivity index (χ2n) is 5.63. The van der Waals surface area contributed by atoms with Crippen molar-refractivity contribution in [3.05, 3.63) is 34.9 Å². The van der Waals surface area contributed by atoms with E-state index in [0.29, 0.717) is 18.8 Å². The standard InChI is InChI=1S/C16H24ClNO/c1-12(2)11-18(13(3)4)16(19)10-9-14-7-5-6-8-15(14)17/h5-8,12-13H,9-11H2,1-4H3. The van der Waals surface area contributed by atoms with Gasteiger partial charge in [-0.3, -0.25) is 4.79 Å². The Morgan fingerprint density at radius 2 is 1.84 bits per heavy atom. The Balaban J connectivity index is 2.60. The summed E-state index contributed by atoms with van der Waals surface area (Å²) in [6.07, 6.45) is 1.23. The molecule has 3 heteroatoms. The van der Waals surface area contributed by atoms with Crippen molar-refractivity contribution in [1.82, 2.24) is 4.90 Å². The van der Waals surface area contributed by atoms with Gasteiger partial charge < -0.3 is 4.90 Å². The van der Waals surface area contributed by atoms with Crippen LogP contribution in [0.2, 0.25) is 5.02 Å². The molecule has 0 aromatic heterocycles. The maximum Gasteiger partial charge on any atom is 0.223 e. The Morgan fingerprint density at radius 1 is 1.21 bits per heavy atom. The Bertz CT molecular complexity index is 415. The highest BCUT2D eigenvalue weighted by Crippen LogP contribution is 2.17. The van der Waals surface area contributed by atoms with Gasteiger partial charge in [-0.25, -0.2) is 0 Å². The van der Waals surface area contributed by atoms with Gasteiger partial charge in [0.05, 0.1) is 0 Å². The fourth-order valence-electron chi connectivity index (χ4n) is 2.08. The molecule has 0 aliphatic carbocycles. The van der Waals surface area contributed by atoms with Crippen LogP contribution in [-0.4, -0.2) is 23.4 Å². The van der Waals surface area contributed by atoms with Crippen LogP contribution in [0, 0.1) is 5.92 Å². The number of carbonyl (C=O) groups is 1. The highest BCUT2D eigenvalue weighted by molar-refractivity contribution is 6.31. The van der Waals surface area contributed by atoms with Crippen molar-refractivity contribution < 1.29 is 4.79 Å². The molecule has 0 fully saturated rings.